The van der Waals surface area contributed by atoms with Crippen LogP contribution < -0.4 is 0 Å². The number of aliphatic hydroxyl groups excluding tert-OH is 1. The molecule has 0 saturated heterocycles. The van der Waals surface area contributed by atoms with Crippen molar-refractivity contribution >= 4 is 6.29 Å². The molecule has 70 valence electrons. The number of hydrogen-bond donors (Lipinski definition) is 1. The van der Waals surface area contributed by atoms with Crippen molar-refractivity contribution in [1.82, 2.24) is 0 Å². The Morgan fingerprint density at radius 1 is 1.67 bits per heavy atom. The summed E-state index contributed by atoms with van der Waals surface area (Å²) in [6.45, 7) is 7.66. The Balaban J connectivity index is 3.49. The summed E-state index contributed by atoms with van der Waals surface area (Å²) in [5.74, 6) is 0.0712. The lowest BCUT2D eigenvalue weighted by atomic mass is 9.98. The summed E-state index contributed by atoms with van der Waals surface area (Å²) >= 11 is 0. The van der Waals surface area contributed by atoms with Gasteiger partial charge in [-0.3, -0.25) is 0 Å². The van der Waals surface area contributed by atoms with Crippen LogP contribution in [0.5, 0.6) is 0 Å². The molecule has 2 atom stereocenters. The van der Waals surface area contributed by atoms with Gasteiger partial charge in [0, 0.05) is 0 Å². The SMILES string of the molecule is C=C(C)CCC[C@@H](C)[C@H](O)C=O. The Morgan fingerprint density at radius 2 is 2.25 bits per heavy atom. The second-order valence-corrected chi connectivity index (χ2v) is 3.45. The van der Waals surface area contributed by atoms with Gasteiger partial charge in [0.15, 0.2) is 0 Å². The number of allylic oxidation sites excluding steroid dienone is 1. The Kier molecular flexibility index (Phi) is 5.64. The summed E-state index contributed by atoms with van der Waals surface area (Å²) in [7, 11) is 0. The van der Waals surface area contributed by atoms with E-state index in [-0.39, 0.29) is 5.92 Å². The molecule has 0 saturated carbocycles. The van der Waals surface area contributed by atoms with Crippen molar-refractivity contribution in [3.63, 3.8) is 0 Å². The van der Waals surface area contributed by atoms with Crippen molar-refractivity contribution in [2.45, 2.75) is 39.2 Å². The molecule has 0 unspecified atom stereocenters. The summed E-state index contributed by atoms with van der Waals surface area (Å²) in [6.07, 6.45) is 2.67. The van der Waals surface area contributed by atoms with Crippen LogP contribution >= 0.6 is 0 Å². The van der Waals surface area contributed by atoms with Crippen molar-refractivity contribution in [3.8, 4) is 0 Å². The molecule has 0 amide bonds. The molecule has 0 bridgehead atoms. The van der Waals surface area contributed by atoms with Crippen LogP contribution in [-0.4, -0.2) is 17.5 Å². The maximum atomic E-state index is 10.2. The lowest BCUT2D eigenvalue weighted by molar-refractivity contribution is -0.117. The molecule has 0 aliphatic carbocycles. The van der Waals surface area contributed by atoms with Gasteiger partial charge in [0.05, 0.1) is 0 Å². The van der Waals surface area contributed by atoms with E-state index in [0.717, 1.165) is 24.8 Å². The van der Waals surface area contributed by atoms with Gasteiger partial charge >= 0.3 is 0 Å². The summed E-state index contributed by atoms with van der Waals surface area (Å²) in [4.78, 5) is 10.2. The quantitative estimate of drug-likeness (QED) is 0.488. The highest BCUT2D eigenvalue weighted by atomic mass is 16.3. The molecular weight excluding hydrogens is 152 g/mol. The van der Waals surface area contributed by atoms with Gasteiger partial charge in [-0.05, 0) is 32.1 Å². The first-order valence-electron chi connectivity index (χ1n) is 4.35. The monoisotopic (exact) mass is 170 g/mol. The molecule has 0 aromatic heterocycles. The van der Waals surface area contributed by atoms with Crippen molar-refractivity contribution in [1.29, 1.82) is 0 Å². The van der Waals surface area contributed by atoms with E-state index in [9.17, 15) is 4.79 Å². The van der Waals surface area contributed by atoms with Gasteiger partial charge in [-0.25, -0.2) is 0 Å². The maximum absolute atomic E-state index is 10.2. The van der Waals surface area contributed by atoms with Crippen LogP contribution in [0.25, 0.3) is 0 Å². The number of aldehydes is 1. The van der Waals surface area contributed by atoms with Gasteiger partial charge in [0.1, 0.15) is 12.4 Å². The predicted octanol–water partition coefficient (Wildman–Crippen LogP) is 1.93. The average Bonchev–Trinajstić information content (AvgIpc) is 2.02. The molecule has 2 nitrogen and oxygen atoms in total. The summed E-state index contributed by atoms with van der Waals surface area (Å²) in [5.41, 5.74) is 1.16. The second-order valence-electron chi connectivity index (χ2n) is 3.45. The summed E-state index contributed by atoms with van der Waals surface area (Å²) in [5, 5.41) is 9.10. The Hall–Kier alpha value is -0.630. The molecule has 0 aromatic carbocycles. The molecular formula is C10H18O2. The van der Waals surface area contributed by atoms with E-state index in [1.165, 1.54) is 0 Å². The van der Waals surface area contributed by atoms with Gasteiger partial charge in [-0.1, -0.05) is 12.5 Å². The fourth-order valence-electron chi connectivity index (χ4n) is 1.03. The zero-order chi connectivity index (χ0) is 9.56. The number of carbonyl (C=O) groups excluding carboxylic acids is 1. The molecule has 1 N–H and O–H groups in total. The van der Waals surface area contributed by atoms with Crippen LogP contribution in [0.1, 0.15) is 33.1 Å². The smallest absolute Gasteiger partial charge is 0.148 e. The minimum absolute atomic E-state index is 0.0712. The standard InChI is InChI=1S/C10H18O2/c1-8(2)5-4-6-9(3)10(12)7-11/h7,9-10,12H,1,4-6H2,2-3H3/t9-,10-/m1/s1. The third kappa shape index (κ3) is 5.08. The average molecular weight is 170 g/mol. The molecule has 0 aliphatic heterocycles. The van der Waals surface area contributed by atoms with Crippen molar-refractivity contribution in [2.75, 3.05) is 0 Å². The molecule has 0 aliphatic rings. The van der Waals surface area contributed by atoms with Crippen molar-refractivity contribution < 1.29 is 9.90 Å². The van der Waals surface area contributed by atoms with E-state index in [2.05, 4.69) is 6.58 Å². The molecule has 2 heteroatoms. The van der Waals surface area contributed by atoms with Gasteiger partial charge in [0.2, 0.25) is 0 Å². The predicted molar refractivity (Wildman–Crippen MR) is 49.9 cm³/mol. The lowest BCUT2D eigenvalue weighted by Gasteiger charge is -2.12. The van der Waals surface area contributed by atoms with Gasteiger partial charge in [-0.15, -0.1) is 6.58 Å². The van der Waals surface area contributed by atoms with Gasteiger partial charge in [0.25, 0.3) is 0 Å². The van der Waals surface area contributed by atoms with E-state index in [1.807, 2.05) is 13.8 Å². The largest absolute Gasteiger partial charge is 0.385 e. The number of aliphatic hydroxyl groups is 1. The molecule has 0 radical (unpaired) electrons. The first kappa shape index (κ1) is 11.4. The normalized spacial score (nSPS) is 15.2. The molecule has 0 rings (SSSR count). The Morgan fingerprint density at radius 3 is 2.67 bits per heavy atom. The number of hydrogen-bond acceptors (Lipinski definition) is 2. The Bertz CT molecular complexity index is 152. The zero-order valence-electron chi connectivity index (χ0n) is 7.92. The van der Waals surface area contributed by atoms with Gasteiger partial charge < -0.3 is 9.90 Å². The lowest BCUT2D eigenvalue weighted by Crippen LogP contribution is -2.18. The zero-order valence-corrected chi connectivity index (χ0v) is 7.92. The highest BCUT2D eigenvalue weighted by Gasteiger charge is 2.11. The molecule has 0 heterocycles. The molecule has 0 fully saturated rings. The summed E-state index contributed by atoms with van der Waals surface area (Å²) in [6, 6.07) is 0. The fraction of sp³-hybridized carbons (Fsp3) is 0.700. The first-order valence-corrected chi connectivity index (χ1v) is 4.35. The third-order valence-electron chi connectivity index (χ3n) is 1.99. The third-order valence-corrected chi connectivity index (χ3v) is 1.99. The summed E-state index contributed by atoms with van der Waals surface area (Å²) < 4.78 is 0. The van der Waals surface area contributed by atoms with E-state index < -0.39 is 6.10 Å². The van der Waals surface area contributed by atoms with Crippen LogP contribution in [-0.2, 0) is 4.79 Å². The highest BCUT2D eigenvalue weighted by molar-refractivity contribution is 5.55. The highest BCUT2D eigenvalue weighted by Crippen LogP contribution is 2.13. The van der Waals surface area contributed by atoms with E-state index in [1.54, 1.807) is 0 Å². The minimum atomic E-state index is -0.796. The van der Waals surface area contributed by atoms with Crippen LogP contribution in [0.3, 0.4) is 0 Å². The first-order chi connectivity index (χ1) is 5.57. The van der Waals surface area contributed by atoms with E-state index in [0.29, 0.717) is 6.29 Å². The number of rotatable bonds is 6. The Labute approximate surface area is 74.3 Å². The van der Waals surface area contributed by atoms with E-state index in [4.69, 9.17) is 5.11 Å². The van der Waals surface area contributed by atoms with E-state index >= 15 is 0 Å². The molecule has 0 aromatic rings. The van der Waals surface area contributed by atoms with Crippen molar-refractivity contribution in [2.24, 2.45) is 5.92 Å². The topological polar surface area (TPSA) is 37.3 Å². The molecule has 12 heavy (non-hydrogen) atoms. The minimum Gasteiger partial charge on any atom is -0.385 e. The van der Waals surface area contributed by atoms with Crippen LogP contribution in [0.4, 0.5) is 0 Å². The maximum Gasteiger partial charge on any atom is 0.148 e. The van der Waals surface area contributed by atoms with Crippen LogP contribution in [0, 0.1) is 5.92 Å². The van der Waals surface area contributed by atoms with Crippen LogP contribution in [0.2, 0.25) is 0 Å². The van der Waals surface area contributed by atoms with Crippen LogP contribution in [0.15, 0.2) is 12.2 Å². The van der Waals surface area contributed by atoms with Gasteiger partial charge in [-0.2, -0.15) is 0 Å². The fourth-order valence-corrected chi connectivity index (χ4v) is 1.03. The van der Waals surface area contributed by atoms with Crippen molar-refractivity contribution in [3.05, 3.63) is 12.2 Å². The second kappa shape index (κ2) is 5.95. The number of carbonyl (C=O) groups is 1. The molecule has 0 spiro atoms.